The molecular formula is C15H19NO3. The van der Waals surface area contributed by atoms with E-state index in [-0.39, 0.29) is 5.91 Å². The number of fused-ring (bicyclic) bond motifs is 1. The second-order valence-electron chi connectivity index (χ2n) is 5.24. The van der Waals surface area contributed by atoms with Crippen LogP contribution in [0.5, 0.6) is 11.5 Å². The molecule has 2 atom stereocenters. The van der Waals surface area contributed by atoms with Gasteiger partial charge in [0.25, 0.3) is 5.91 Å². The van der Waals surface area contributed by atoms with Gasteiger partial charge in [0, 0.05) is 12.6 Å². The fraction of sp³-hybridized carbons (Fsp3) is 0.533. The number of amides is 1. The predicted octanol–water partition coefficient (Wildman–Crippen LogP) is 2.23. The molecule has 4 heteroatoms. The number of benzene rings is 1. The maximum Gasteiger partial charge on any atom is 0.267 e. The molecule has 0 spiro atoms. The number of ether oxygens (including phenoxy) is 2. The second kappa shape index (κ2) is 5.11. The Labute approximate surface area is 113 Å². The predicted molar refractivity (Wildman–Crippen MR) is 71.4 cm³/mol. The Balaban J connectivity index is 1.72. The molecule has 2 heterocycles. The first kappa shape index (κ1) is 12.3. The Morgan fingerprint density at radius 3 is 2.84 bits per heavy atom. The standard InChI is InChI=1S/C15H19NO3/c1-11-6-4-5-9-16(11)15(17)14-10-18-12-7-2-3-8-13(12)19-14/h2-3,7-8,11,14H,4-6,9-10H2,1H3/t11-,14+/m1/s1. The molecule has 0 aliphatic carbocycles. The number of piperidine rings is 1. The van der Waals surface area contributed by atoms with Gasteiger partial charge in [-0.25, -0.2) is 0 Å². The Hall–Kier alpha value is -1.71. The zero-order valence-corrected chi connectivity index (χ0v) is 11.2. The lowest BCUT2D eigenvalue weighted by atomic mass is 10.0. The summed E-state index contributed by atoms with van der Waals surface area (Å²) in [5.41, 5.74) is 0. The largest absolute Gasteiger partial charge is 0.485 e. The second-order valence-corrected chi connectivity index (χ2v) is 5.24. The van der Waals surface area contributed by atoms with Gasteiger partial charge in [-0.05, 0) is 38.3 Å². The minimum Gasteiger partial charge on any atom is -0.485 e. The molecule has 2 aliphatic heterocycles. The monoisotopic (exact) mass is 261 g/mol. The maximum atomic E-state index is 12.5. The van der Waals surface area contributed by atoms with Crippen LogP contribution in [0.1, 0.15) is 26.2 Å². The number of hydrogen-bond donors (Lipinski definition) is 0. The van der Waals surface area contributed by atoms with Crippen LogP contribution in [0.25, 0.3) is 0 Å². The highest BCUT2D eigenvalue weighted by Gasteiger charge is 2.33. The first-order valence-corrected chi connectivity index (χ1v) is 6.94. The van der Waals surface area contributed by atoms with Crippen molar-refractivity contribution in [1.29, 1.82) is 0 Å². The van der Waals surface area contributed by atoms with Gasteiger partial charge in [-0.1, -0.05) is 12.1 Å². The van der Waals surface area contributed by atoms with Crippen LogP contribution < -0.4 is 9.47 Å². The molecule has 0 radical (unpaired) electrons. The van der Waals surface area contributed by atoms with Crippen LogP contribution in [0, 0.1) is 0 Å². The van der Waals surface area contributed by atoms with E-state index in [0.29, 0.717) is 18.4 Å². The fourth-order valence-electron chi connectivity index (χ4n) is 2.75. The summed E-state index contributed by atoms with van der Waals surface area (Å²) in [7, 11) is 0. The molecule has 19 heavy (non-hydrogen) atoms. The topological polar surface area (TPSA) is 38.8 Å². The van der Waals surface area contributed by atoms with Gasteiger partial charge < -0.3 is 14.4 Å². The zero-order valence-electron chi connectivity index (χ0n) is 11.2. The zero-order chi connectivity index (χ0) is 13.2. The van der Waals surface area contributed by atoms with E-state index in [1.807, 2.05) is 29.2 Å². The smallest absolute Gasteiger partial charge is 0.267 e. The molecule has 3 rings (SSSR count). The summed E-state index contributed by atoms with van der Waals surface area (Å²) in [5.74, 6) is 1.44. The van der Waals surface area contributed by atoms with E-state index in [4.69, 9.17) is 9.47 Å². The van der Waals surface area contributed by atoms with E-state index >= 15 is 0 Å². The summed E-state index contributed by atoms with van der Waals surface area (Å²) < 4.78 is 11.4. The molecule has 1 aromatic rings. The maximum absolute atomic E-state index is 12.5. The summed E-state index contributed by atoms with van der Waals surface area (Å²) in [6.07, 6.45) is 2.86. The molecule has 1 amide bonds. The van der Waals surface area contributed by atoms with E-state index in [1.165, 1.54) is 6.42 Å². The SMILES string of the molecule is C[C@@H]1CCCCN1C(=O)[C@@H]1COc2ccccc2O1. The van der Waals surface area contributed by atoms with Crippen LogP contribution in [-0.4, -0.2) is 36.1 Å². The molecule has 1 fully saturated rings. The van der Waals surface area contributed by atoms with Gasteiger partial charge in [0.15, 0.2) is 11.5 Å². The van der Waals surface area contributed by atoms with Gasteiger partial charge in [-0.3, -0.25) is 4.79 Å². The average Bonchev–Trinajstić information content (AvgIpc) is 2.46. The Bertz CT molecular complexity index is 474. The number of carbonyl (C=O) groups is 1. The van der Waals surface area contributed by atoms with Crippen molar-refractivity contribution >= 4 is 5.91 Å². The van der Waals surface area contributed by atoms with E-state index < -0.39 is 6.10 Å². The summed E-state index contributed by atoms with van der Waals surface area (Å²) >= 11 is 0. The molecular weight excluding hydrogens is 242 g/mol. The molecule has 0 N–H and O–H groups in total. The number of carbonyl (C=O) groups excluding carboxylic acids is 1. The highest BCUT2D eigenvalue weighted by atomic mass is 16.6. The van der Waals surface area contributed by atoms with Crippen molar-refractivity contribution in [2.75, 3.05) is 13.2 Å². The summed E-state index contributed by atoms with van der Waals surface area (Å²) in [6.45, 7) is 3.25. The van der Waals surface area contributed by atoms with E-state index in [1.54, 1.807) is 0 Å². The minimum absolute atomic E-state index is 0.0571. The normalized spacial score (nSPS) is 26.1. The first-order valence-electron chi connectivity index (χ1n) is 6.94. The molecule has 0 bridgehead atoms. The third-order valence-electron chi connectivity index (χ3n) is 3.87. The minimum atomic E-state index is -0.504. The van der Waals surface area contributed by atoms with Crippen LogP contribution in [0.3, 0.4) is 0 Å². The lowest BCUT2D eigenvalue weighted by molar-refractivity contribution is -0.144. The first-order chi connectivity index (χ1) is 9.25. The molecule has 2 aliphatic rings. The molecule has 0 aromatic heterocycles. The van der Waals surface area contributed by atoms with Crippen molar-refractivity contribution in [3.8, 4) is 11.5 Å². The molecule has 4 nitrogen and oxygen atoms in total. The van der Waals surface area contributed by atoms with Crippen molar-refractivity contribution in [3.05, 3.63) is 24.3 Å². The van der Waals surface area contributed by atoms with Gasteiger partial charge in [-0.2, -0.15) is 0 Å². The van der Waals surface area contributed by atoms with Crippen molar-refractivity contribution < 1.29 is 14.3 Å². The van der Waals surface area contributed by atoms with Gasteiger partial charge >= 0.3 is 0 Å². The highest BCUT2D eigenvalue weighted by molar-refractivity contribution is 5.82. The van der Waals surface area contributed by atoms with Crippen molar-refractivity contribution in [2.24, 2.45) is 0 Å². The summed E-state index contributed by atoms with van der Waals surface area (Å²) in [4.78, 5) is 14.4. The third-order valence-corrected chi connectivity index (χ3v) is 3.87. The number of rotatable bonds is 1. The highest BCUT2D eigenvalue weighted by Crippen LogP contribution is 2.31. The lowest BCUT2D eigenvalue weighted by Gasteiger charge is -2.36. The van der Waals surface area contributed by atoms with Crippen molar-refractivity contribution in [3.63, 3.8) is 0 Å². The molecule has 1 saturated heterocycles. The molecule has 0 saturated carbocycles. The third kappa shape index (κ3) is 2.39. The van der Waals surface area contributed by atoms with Crippen LogP contribution in [0.2, 0.25) is 0 Å². The molecule has 0 unspecified atom stereocenters. The summed E-state index contributed by atoms with van der Waals surface area (Å²) in [6, 6.07) is 7.80. The average molecular weight is 261 g/mol. The number of hydrogen-bond acceptors (Lipinski definition) is 3. The van der Waals surface area contributed by atoms with Crippen LogP contribution in [0.15, 0.2) is 24.3 Å². The van der Waals surface area contributed by atoms with E-state index in [9.17, 15) is 4.79 Å². The number of para-hydroxylation sites is 2. The summed E-state index contributed by atoms with van der Waals surface area (Å²) in [5, 5.41) is 0. The Morgan fingerprint density at radius 2 is 2.05 bits per heavy atom. The van der Waals surface area contributed by atoms with Gasteiger partial charge in [0.2, 0.25) is 6.10 Å². The molecule has 1 aromatic carbocycles. The van der Waals surface area contributed by atoms with Crippen LogP contribution in [0.4, 0.5) is 0 Å². The number of likely N-dealkylation sites (tertiary alicyclic amines) is 1. The van der Waals surface area contributed by atoms with E-state index in [0.717, 1.165) is 25.1 Å². The van der Waals surface area contributed by atoms with Gasteiger partial charge in [0.1, 0.15) is 6.61 Å². The van der Waals surface area contributed by atoms with Crippen LogP contribution in [-0.2, 0) is 4.79 Å². The van der Waals surface area contributed by atoms with Gasteiger partial charge in [0.05, 0.1) is 0 Å². The molecule has 102 valence electrons. The quantitative estimate of drug-likeness (QED) is 0.778. The number of nitrogens with zero attached hydrogens (tertiary/aromatic N) is 1. The van der Waals surface area contributed by atoms with Crippen molar-refractivity contribution in [1.82, 2.24) is 4.90 Å². The van der Waals surface area contributed by atoms with Crippen molar-refractivity contribution in [2.45, 2.75) is 38.3 Å². The van der Waals surface area contributed by atoms with Crippen LogP contribution >= 0.6 is 0 Å². The Kier molecular flexibility index (Phi) is 3.32. The van der Waals surface area contributed by atoms with Gasteiger partial charge in [-0.15, -0.1) is 0 Å². The van der Waals surface area contributed by atoms with E-state index in [2.05, 4.69) is 6.92 Å². The Morgan fingerprint density at radius 1 is 1.26 bits per heavy atom. The lowest BCUT2D eigenvalue weighted by Crippen LogP contribution is -2.51. The fourth-order valence-corrected chi connectivity index (χ4v) is 2.75.